The molecule has 0 spiro atoms. The molecule has 0 radical (unpaired) electrons. The van der Waals surface area contributed by atoms with Gasteiger partial charge in [0, 0.05) is 30.2 Å². The number of aliphatic imine (C=N–C) groups is 1. The zero-order valence-corrected chi connectivity index (χ0v) is 12.7. The highest BCUT2D eigenvalue weighted by Crippen LogP contribution is 2.28. The van der Waals surface area contributed by atoms with Crippen molar-refractivity contribution in [2.24, 2.45) is 4.99 Å². The molecule has 2 heterocycles. The summed E-state index contributed by atoms with van der Waals surface area (Å²) in [7, 11) is 0. The molecule has 0 bridgehead atoms. The van der Waals surface area contributed by atoms with Gasteiger partial charge in [0.15, 0.2) is 5.75 Å². The maximum Gasteiger partial charge on any atom is 0.153 e. The van der Waals surface area contributed by atoms with Gasteiger partial charge in [-0.25, -0.2) is 0 Å². The highest BCUT2D eigenvalue weighted by atomic mass is 16.5. The number of rotatable bonds is 3. The van der Waals surface area contributed by atoms with Gasteiger partial charge in [-0.05, 0) is 42.8 Å². The number of nitrogens with zero attached hydrogens (tertiary/aromatic N) is 2. The summed E-state index contributed by atoms with van der Waals surface area (Å²) in [6, 6.07) is 17.9. The van der Waals surface area contributed by atoms with Crippen LogP contribution in [0.15, 0.2) is 65.8 Å². The van der Waals surface area contributed by atoms with Gasteiger partial charge in [-0.1, -0.05) is 18.2 Å². The Kier molecular flexibility index (Phi) is 3.64. The summed E-state index contributed by atoms with van der Waals surface area (Å²) in [5.74, 6) is 2.53. The molecule has 0 atom stereocenters. The molecule has 4 nitrogen and oxygen atoms in total. The number of pyridine rings is 1. The number of ether oxygens (including phenoxy) is 1. The Balaban J connectivity index is 1.60. The van der Waals surface area contributed by atoms with Crippen LogP contribution in [0.1, 0.15) is 12.0 Å². The predicted molar refractivity (Wildman–Crippen MR) is 92.3 cm³/mol. The van der Waals surface area contributed by atoms with E-state index in [1.807, 2.05) is 54.6 Å². The summed E-state index contributed by atoms with van der Waals surface area (Å²) in [5.41, 5.74) is 1.96. The van der Waals surface area contributed by atoms with E-state index in [0.717, 1.165) is 53.3 Å². The van der Waals surface area contributed by atoms with Crippen LogP contribution in [0.3, 0.4) is 0 Å². The maximum absolute atomic E-state index is 6.01. The van der Waals surface area contributed by atoms with Crippen LogP contribution < -0.4 is 10.1 Å². The van der Waals surface area contributed by atoms with Crippen LogP contribution >= 0.6 is 0 Å². The minimum absolute atomic E-state index is 0.768. The van der Waals surface area contributed by atoms with E-state index < -0.39 is 0 Å². The molecule has 0 saturated carbocycles. The van der Waals surface area contributed by atoms with E-state index >= 15 is 0 Å². The molecule has 0 saturated heterocycles. The number of aromatic nitrogens is 1. The van der Waals surface area contributed by atoms with Gasteiger partial charge in [0.2, 0.25) is 0 Å². The molecule has 114 valence electrons. The average molecular weight is 303 g/mol. The molecule has 4 heteroatoms. The standard InChI is InChI=1S/C19H17N3O/c1-4-14-5-2-11-20-18(14)17(6-1)23-16-9-7-15(8-10-16)19-21-12-3-13-22-19/h1-2,4-11H,3,12-13H2,(H,21,22). The van der Waals surface area contributed by atoms with Gasteiger partial charge in [-0.15, -0.1) is 0 Å². The van der Waals surface area contributed by atoms with Crippen LogP contribution in [-0.2, 0) is 0 Å². The molecule has 1 aromatic heterocycles. The second-order valence-corrected chi connectivity index (χ2v) is 5.47. The van der Waals surface area contributed by atoms with Crippen LogP contribution in [0.4, 0.5) is 0 Å². The molecule has 1 aliphatic rings. The van der Waals surface area contributed by atoms with E-state index in [1.54, 1.807) is 6.20 Å². The first-order chi connectivity index (χ1) is 11.4. The lowest BCUT2D eigenvalue weighted by atomic mass is 10.1. The molecule has 4 rings (SSSR count). The van der Waals surface area contributed by atoms with Crippen molar-refractivity contribution in [2.75, 3.05) is 13.1 Å². The van der Waals surface area contributed by atoms with Gasteiger partial charge in [0.05, 0.1) is 0 Å². The Labute approximate surface area is 134 Å². The molecular formula is C19H17N3O. The second kappa shape index (κ2) is 6.08. The monoisotopic (exact) mass is 303 g/mol. The van der Waals surface area contributed by atoms with E-state index in [1.165, 1.54) is 0 Å². The molecule has 0 amide bonds. The Bertz CT molecular complexity index is 851. The number of nitrogens with one attached hydrogen (secondary N) is 1. The Morgan fingerprint density at radius 3 is 2.65 bits per heavy atom. The van der Waals surface area contributed by atoms with E-state index in [0.29, 0.717) is 0 Å². The van der Waals surface area contributed by atoms with Gasteiger partial charge in [-0.2, -0.15) is 0 Å². The van der Waals surface area contributed by atoms with Gasteiger partial charge in [0.25, 0.3) is 0 Å². The third kappa shape index (κ3) is 2.88. The average Bonchev–Trinajstić information content (AvgIpc) is 2.63. The van der Waals surface area contributed by atoms with Crippen LogP contribution in [0.25, 0.3) is 10.9 Å². The summed E-state index contributed by atoms with van der Waals surface area (Å²) in [5, 5.41) is 4.40. The summed E-state index contributed by atoms with van der Waals surface area (Å²) >= 11 is 0. The van der Waals surface area contributed by atoms with Crippen molar-refractivity contribution in [1.29, 1.82) is 0 Å². The van der Waals surface area contributed by atoms with Gasteiger partial charge < -0.3 is 10.1 Å². The first-order valence-electron chi connectivity index (χ1n) is 7.80. The van der Waals surface area contributed by atoms with Crippen LogP contribution in [-0.4, -0.2) is 23.9 Å². The fourth-order valence-electron chi connectivity index (χ4n) is 2.69. The highest BCUT2D eigenvalue weighted by Gasteiger charge is 2.08. The minimum atomic E-state index is 0.768. The van der Waals surface area contributed by atoms with Crippen molar-refractivity contribution in [3.8, 4) is 11.5 Å². The van der Waals surface area contributed by atoms with Crippen molar-refractivity contribution < 1.29 is 4.74 Å². The number of para-hydroxylation sites is 1. The number of hydrogen-bond acceptors (Lipinski definition) is 4. The molecule has 23 heavy (non-hydrogen) atoms. The number of fused-ring (bicyclic) bond motifs is 1. The molecule has 1 aliphatic heterocycles. The summed E-state index contributed by atoms with van der Waals surface area (Å²) in [4.78, 5) is 8.92. The van der Waals surface area contributed by atoms with Crippen molar-refractivity contribution >= 4 is 16.7 Å². The third-order valence-electron chi connectivity index (χ3n) is 3.85. The van der Waals surface area contributed by atoms with Crippen molar-refractivity contribution in [2.45, 2.75) is 6.42 Å². The lowest BCUT2D eigenvalue weighted by molar-refractivity contribution is 0.487. The lowest BCUT2D eigenvalue weighted by Gasteiger charge is -2.15. The van der Waals surface area contributed by atoms with E-state index in [2.05, 4.69) is 15.3 Å². The van der Waals surface area contributed by atoms with Crippen molar-refractivity contribution in [1.82, 2.24) is 10.3 Å². The number of benzene rings is 2. The third-order valence-corrected chi connectivity index (χ3v) is 3.85. The molecule has 3 aromatic rings. The molecule has 0 aliphatic carbocycles. The van der Waals surface area contributed by atoms with E-state index in [9.17, 15) is 0 Å². The summed E-state index contributed by atoms with van der Waals surface area (Å²) in [6.07, 6.45) is 2.88. The Morgan fingerprint density at radius 1 is 0.957 bits per heavy atom. The SMILES string of the molecule is c1cnc2c(Oc3ccc(C4=NCCCN4)cc3)cccc2c1. The number of hydrogen-bond donors (Lipinski definition) is 1. The second-order valence-electron chi connectivity index (χ2n) is 5.47. The quantitative estimate of drug-likeness (QED) is 0.801. The van der Waals surface area contributed by atoms with Gasteiger partial charge in [0.1, 0.15) is 17.1 Å². The molecule has 1 N–H and O–H groups in total. The van der Waals surface area contributed by atoms with Gasteiger partial charge >= 0.3 is 0 Å². The predicted octanol–water partition coefficient (Wildman–Crippen LogP) is 3.77. The van der Waals surface area contributed by atoms with Crippen LogP contribution in [0.2, 0.25) is 0 Å². The van der Waals surface area contributed by atoms with Crippen LogP contribution in [0, 0.1) is 0 Å². The normalized spacial score (nSPS) is 14.2. The first-order valence-corrected chi connectivity index (χ1v) is 7.80. The fourth-order valence-corrected chi connectivity index (χ4v) is 2.69. The summed E-state index contributed by atoms with van der Waals surface area (Å²) < 4.78 is 6.01. The lowest BCUT2D eigenvalue weighted by Crippen LogP contribution is -2.30. The number of amidine groups is 1. The maximum atomic E-state index is 6.01. The smallest absolute Gasteiger partial charge is 0.153 e. The zero-order chi connectivity index (χ0) is 15.5. The highest BCUT2D eigenvalue weighted by molar-refractivity contribution is 5.99. The minimum Gasteiger partial charge on any atom is -0.455 e. The zero-order valence-electron chi connectivity index (χ0n) is 12.7. The van der Waals surface area contributed by atoms with Crippen LogP contribution in [0.5, 0.6) is 11.5 Å². The van der Waals surface area contributed by atoms with Crippen molar-refractivity contribution in [3.05, 3.63) is 66.4 Å². The largest absolute Gasteiger partial charge is 0.455 e. The molecular weight excluding hydrogens is 286 g/mol. The first kappa shape index (κ1) is 13.8. The van der Waals surface area contributed by atoms with E-state index in [-0.39, 0.29) is 0 Å². The fraction of sp³-hybridized carbons (Fsp3) is 0.158. The molecule has 2 aromatic carbocycles. The Morgan fingerprint density at radius 2 is 1.83 bits per heavy atom. The molecule has 0 unspecified atom stereocenters. The Hall–Kier alpha value is -2.88. The van der Waals surface area contributed by atoms with Gasteiger partial charge in [-0.3, -0.25) is 9.98 Å². The summed E-state index contributed by atoms with van der Waals surface area (Å²) in [6.45, 7) is 1.88. The topological polar surface area (TPSA) is 46.5 Å². The van der Waals surface area contributed by atoms with E-state index in [4.69, 9.17) is 4.74 Å². The molecule has 0 fully saturated rings. The van der Waals surface area contributed by atoms with Crippen molar-refractivity contribution in [3.63, 3.8) is 0 Å².